The van der Waals surface area contributed by atoms with Gasteiger partial charge < -0.3 is 14.4 Å². The minimum Gasteiger partial charge on any atom is -0.311 e. The second-order valence-corrected chi connectivity index (χ2v) is 18.8. The predicted molar refractivity (Wildman–Crippen MR) is 269 cm³/mol. The molecule has 3 aliphatic rings. The summed E-state index contributed by atoms with van der Waals surface area (Å²) in [5.74, 6) is 2.10. The van der Waals surface area contributed by atoms with Crippen LogP contribution in [0.4, 0.5) is 34.1 Å². The van der Waals surface area contributed by atoms with Gasteiger partial charge in [0.1, 0.15) is 0 Å². The predicted octanol–water partition coefficient (Wildman–Crippen LogP) is 16.9. The van der Waals surface area contributed by atoms with Crippen LogP contribution in [0.1, 0.15) is 80.4 Å². The molecule has 0 aliphatic heterocycles. The highest BCUT2D eigenvalue weighted by molar-refractivity contribution is 6.16. The molecule has 3 unspecified atom stereocenters. The first kappa shape index (κ1) is 38.8. The molecule has 3 heteroatoms. The third-order valence-electron chi connectivity index (χ3n) is 15.3. The molecule has 64 heavy (non-hydrogen) atoms. The Bertz CT molecular complexity index is 3020. The maximum atomic E-state index is 2.47. The molecule has 1 heterocycles. The Balaban J connectivity index is 0.932. The fourth-order valence-electron chi connectivity index (χ4n) is 12.4. The lowest BCUT2D eigenvalue weighted by Crippen LogP contribution is -2.34. The number of benzene rings is 8. The Morgan fingerprint density at radius 3 is 1.56 bits per heavy atom. The number of hydrogen-bond donors (Lipinski definition) is 0. The summed E-state index contributed by atoms with van der Waals surface area (Å²) in [5, 5.41) is 2.51. The zero-order valence-electron chi connectivity index (χ0n) is 36.6. The van der Waals surface area contributed by atoms with Crippen molar-refractivity contribution in [3.63, 3.8) is 0 Å². The number of hydrogen-bond acceptors (Lipinski definition) is 2. The van der Waals surface area contributed by atoms with Crippen LogP contribution in [-0.4, -0.2) is 4.57 Å². The summed E-state index contributed by atoms with van der Waals surface area (Å²) < 4.78 is 2.41. The lowest BCUT2D eigenvalue weighted by molar-refractivity contribution is 0.320. The molecule has 314 valence electrons. The van der Waals surface area contributed by atoms with Gasteiger partial charge in [0.15, 0.2) is 0 Å². The van der Waals surface area contributed by atoms with Gasteiger partial charge in [-0.2, -0.15) is 0 Å². The Morgan fingerprint density at radius 2 is 0.953 bits per heavy atom. The maximum absolute atomic E-state index is 2.47. The fraction of sp³-hybridized carbons (Fsp3) is 0.213. The number of nitrogens with zero attached hydrogens (tertiary/aromatic N) is 3. The first-order valence-corrected chi connectivity index (χ1v) is 23.8. The average Bonchev–Trinajstić information content (AvgIpc) is 4.09. The summed E-state index contributed by atoms with van der Waals surface area (Å²) in [4.78, 5) is 4.91. The normalized spacial score (nSPS) is 19.6. The summed E-state index contributed by atoms with van der Waals surface area (Å²) >= 11 is 0. The highest BCUT2D eigenvalue weighted by Gasteiger charge is 2.52. The van der Waals surface area contributed by atoms with Gasteiger partial charge in [-0.05, 0) is 158 Å². The van der Waals surface area contributed by atoms with E-state index >= 15 is 0 Å². The van der Waals surface area contributed by atoms with Gasteiger partial charge in [-0.1, -0.05) is 141 Å². The van der Waals surface area contributed by atoms with Crippen LogP contribution in [0.5, 0.6) is 0 Å². The molecule has 9 aromatic rings. The molecule has 3 fully saturated rings. The first-order chi connectivity index (χ1) is 31.7. The molecule has 2 bridgehead atoms. The van der Waals surface area contributed by atoms with E-state index in [9.17, 15) is 0 Å². The molecule has 1 aromatic heterocycles. The van der Waals surface area contributed by atoms with Crippen molar-refractivity contribution in [2.45, 2.75) is 69.1 Å². The molecule has 3 atom stereocenters. The molecule has 3 aliphatic carbocycles. The highest BCUT2D eigenvalue weighted by Crippen LogP contribution is 2.60. The monoisotopic (exact) mass is 829 g/mol. The van der Waals surface area contributed by atoms with Gasteiger partial charge in [0.25, 0.3) is 0 Å². The van der Waals surface area contributed by atoms with Gasteiger partial charge in [0.2, 0.25) is 0 Å². The lowest BCUT2D eigenvalue weighted by Gasteiger charge is -2.40. The molecule has 0 spiro atoms. The van der Waals surface area contributed by atoms with Crippen LogP contribution < -0.4 is 9.80 Å². The van der Waals surface area contributed by atoms with Crippen molar-refractivity contribution in [3.05, 3.63) is 223 Å². The quantitative estimate of drug-likeness (QED) is 0.136. The van der Waals surface area contributed by atoms with E-state index in [1.54, 1.807) is 0 Å². The van der Waals surface area contributed by atoms with Crippen molar-refractivity contribution in [2.75, 3.05) is 9.80 Å². The van der Waals surface area contributed by atoms with Crippen molar-refractivity contribution in [1.29, 1.82) is 0 Å². The highest BCUT2D eigenvalue weighted by atomic mass is 15.2. The van der Waals surface area contributed by atoms with Gasteiger partial charge in [-0.25, -0.2) is 0 Å². The topological polar surface area (TPSA) is 11.4 Å². The zero-order chi connectivity index (χ0) is 42.5. The standard InChI is InChI=1S/C61H55N3/c1-5-16-45(17-6-1)46-29-36-53(37-30-46)62(50-18-7-2-8-19-50)54-38-32-47(33-39-54)61(43-44-28-31-49(61)42-44)48-34-40-55(41-35-48)63(51-20-9-3-10-21-51)58-26-15-27-59-60(58)56-24-13-14-25-57(56)64(59)52-22-11-4-12-23-52/h2-4,7-15,18-27,29-30,32-41,44-45,49H,1,5-6,16-17,28,31,42-43H2. The summed E-state index contributed by atoms with van der Waals surface area (Å²) in [6.45, 7) is 0. The molecule has 0 radical (unpaired) electrons. The van der Waals surface area contributed by atoms with Crippen molar-refractivity contribution < 1.29 is 0 Å². The van der Waals surface area contributed by atoms with Gasteiger partial charge in [-0.15, -0.1) is 0 Å². The Kier molecular flexibility index (Phi) is 9.93. The van der Waals surface area contributed by atoms with E-state index < -0.39 is 0 Å². The van der Waals surface area contributed by atoms with Crippen LogP contribution in [0.2, 0.25) is 0 Å². The summed E-state index contributed by atoms with van der Waals surface area (Å²) in [6, 6.07) is 77.2. The molecular weight excluding hydrogens is 775 g/mol. The van der Waals surface area contributed by atoms with Gasteiger partial charge in [0, 0.05) is 50.3 Å². The SMILES string of the molecule is c1ccc(N(c2ccc(C3CCCCC3)cc2)c2ccc(C3(c4ccc(N(c5ccccc5)c5cccc6c5c5ccccc5n6-c5ccccc5)cc4)CC4CCC3C4)cc2)cc1. The second-order valence-electron chi connectivity index (χ2n) is 18.8. The molecule has 8 aromatic carbocycles. The van der Waals surface area contributed by atoms with Gasteiger partial charge >= 0.3 is 0 Å². The van der Waals surface area contributed by atoms with Gasteiger partial charge in [-0.3, -0.25) is 0 Å². The van der Waals surface area contributed by atoms with Crippen LogP contribution in [0.15, 0.2) is 206 Å². The molecule has 3 saturated carbocycles. The summed E-state index contributed by atoms with van der Waals surface area (Å²) in [6.07, 6.45) is 11.9. The molecular formula is C61H55N3. The summed E-state index contributed by atoms with van der Waals surface area (Å²) in [7, 11) is 0. The van der Waals surface area contributed by atoms with E-state index in [4.69, 9.17) is 0 Å². The molecule has 3 nitrogen and oxygen atoms in total. The third-order valence-corrected chi connectivity index (χ3v) is 15.3. The van der Waals surface area contributed by atoms with Crippen molar-refractivity contribution >= 4 is 55.9 Å². The van der Waals surface area contributed by atoms with Crippen LogP contribution in [0.3, 0.4) is 0 Å². The van der Waals surface area contributed by atoms with E-state index in [0.29, 0.717) is 11.8 Å². The van der Waals surface area contributed by atoms with Crippen LogP contribution >= 0.6 is 0 Å². The van der Waals surface area contributed by atoms with Crippen LogP contribution in [0.25, 0.3) is 27.5 Å². The molecule has 0 saturated heterocycles. The second kappa shape index (κ2) is 16.4. The zero-order valence-corrected chi connectivity index (χ0v) is 36.6. The van der Waals surface area contributed by atoms with Crippen molar-refractivity contribution in [1.82, 2.24) is 4.57 Å². The molecule has 0 N–H and O–H groups in total. The third kappa shape index (κ3) is 6.64. The number of para-hydroxylation sites is 4. The Hall–Kier alpha value is -6.84. The number of rotatable bonds is 10. The van der Waals surface area contributed by atoms with Crippen molar-refractivity contribution in [3.8, 4) is 5.69 Å². The van der Waals surface area contributed by atoms with E-state index in [1.807, 2.05) is 0 Å². The maximum Gasteiger partial charge on any atom is 0.0562 e. The number of aromatic nitrogens is 1. The Labute approximate surface area is 378 Å². The van der Waals surface area contributed by atoms with E-state index in [2.05, 4.69) is 221 Å². The lowest BCUT2D eigenvalue weighted by atomic mass is 9.64. The van der Waals surface area contributed by atoms with Gasteiger partial charge in [0.05, 0.1) is 16.7 Å². The van der Waals surface area contributed by atoms with Crippen LogP contribution in [-0.2, 0) is 5.41 Å². The van der Waals surface area contributed by atoms with E-state index in [1.165, 1.54) is 130 Å². The van der Waals surface area contributed by atoms with Crippen molar-refractivity contribution in [2.24, 2.45) is 11.8 Å². The van der Waals surface area contributed by atoms with E-state index in [-0.39, 0.29) is 5.41 Å². The Morgan fingerprint density at radius 1 is 0.422 bits per heavy atom. The van der Waals surface area contributed by atoms with Crippen LogP contribution in [0, 0.1) is 11.8 Å². The smallest absolute Gasteiger partial charge is 0.0562 e. The first-order valence-electron chi connectivity index (χ1n) is 23.8. The molecule has 12 rings (SSSR count). The number of anilines is 6. The van der Waals surface area contributed by atoms with E-state index in [0.717, 1.165) is 11.6 Å². The molecule has 0 amide bonds. The minimum atomic E-state index is -0.0140. The average molecular weight is 830 g/mol. The minimum absolute atomic E-state index is 0.0140. The summed E-state index contributed by atoms with van der Waals surface area (Å²) in [5.41, 5.74) is 15.1. The largest absolute Gasteiger partial charge is 0.311 e. The fourth-order valence-corrected chi connectivity index (χ4v) is 12.4. The number of fused-ring (bicyclic) bond motifs is 5.